The van der Waals surface area contributed by atoms with Gasteiger partial charge in [-0.2, -0.15) is 0 Å². The molecule has 0 saturated heterocycles. The van der Waals surface area contributed by atoms with E-state index >= 15 is 0 Å². The van der Waals surface area contributed by atoms with Crippen LogP contribution in [0.1, 0.15) is 38.3 Å². The van der Waals surface area contributed by atoms with Gasteiger partial charge in [0.1, 0.15) is 23.7 Å². The third-order valence-electron chi connectivity index (χ3n) is 5.32. The molecule has 1 unspecified atom stereocenters. The number of halogens is 2. The van der Waals surface area contributed by atoms with Gasteiger partial charge in [-0.05, 0) is 48.1 Å². The molecule has 8 heteroatoms. The quantitative estimate of drug-likeness (QED) is 0.683. The van der Waals surface area contributed by atoms with Crippen LogP contribution >= 0.6 is 0 Å². The van der Waals surface area contributed by atoms with E-state index in [9.17, 15) is 23.2 Å². The van der Waals surface area contributed by atoms with Crippen molar-refractivity contribution in [1.29, 1.82) is 0 Å². The van der Waals surface area contributed by atoms with Crippen molar-refractivity contribution < 1.29 is 23.2 Å². The lowest BCUT2D eigenvalue weighted by Gasteiger charge is -2.28. The van der Waals surface area contributed by atoms with Crippen molar-refractivity contribution in [2.75, 3.05) is 5.32 Å². The zero-order valence-corrected chi connectivity index (χ0v) is 17.6. The van der Waals surface area contributed by atoms with E-state index in [1.54, 1.807) is 0 Å². The highest BCUT2D eigenvalue weighted by atomic mass is 19.1. The number of fused-ring (bicyclic) bond motifs is 1. The molecule has 0 fully saturated rings. The first-order chi connectivity index (χ1) is 14.5. The fraction of sp³-hybridized carbons (Fsp3) is 0.348. The summed E-state index contributed by atoms with van der Waals surface area (Å²) in [5.74, 6) is -2.99. The molecule has 3 amide bonds. The molecule has 0 spiro atoms. The summed E-state index contributed by atoms with van der Waals surface area (Å²) in [6.07, 6.45) is 0.101. The zero-order valence-electron chi connectivity index (χ0n) is 17.6. The van der Waals surface area contributed by atoms with Gasteiger partial charge in [0, 0.05) is 11.8 Å². The average molecular weight is 429 g/mol. The number of para-hydroxylation sites is 1. The number of hydrogen-bond acceptors (Lipinski definition) is 3. The Balaban J connectivity index is 1.62. The van der Waals surface area contributed by atoms with E-state index in [1.165, 1.54) is 6.92 Å². The van der Waals surface area contributed by atoms with E-state index in [1.807, 2.05) is 38.1 Å². The monoisotopic (exact) mass is 429 g/mol. The largest absolute Gasteiger partial charge is 0.344 e. The molecule has 0 aromatic heterocycles. The normalized spacial score (nSPS) is 18.2. The van der Waals surface area contributed by atoms with Gasteiger partial charge in [0.2, 0.25) is 17.7 Å². The van der Waals surface area contributed by atoms with E-state index in [2.05, 4.69) is 16.0 Å². The van der Waals surface area contributed by atoms with Crippen molar-refractivity contribution in [3.63, 3.8) is 0 Å². The number of rotatable bonds is 5. The summed E-state index contributed by atoms with van der Waals surface area (Å²) in [6.45, 7) is 5.47. The van der Waals surface area contributed by atoms with Gasteiger partial charge in [-0.15, -0.1) is 0 Å². The summed E-state index contributed by atoms with van der Waals surface area (Å²) in [5.41, 5.74) is 1.47. The lowest BCUT2D eigenvalue weighted by molar-refractivity contribution is -0.130. The summed E-state index contributed by atoms with van der Waals surface area (Å²) in [4.78, 5) is 37.5. The van der Waals surface area contributed by atoms with Gasteiger partial charge in [0.05, 0.1) is 6.42 Å². The molecule has 1 aliphatic rings. The molecular weight excluding hydrogens is 404 g/mol. The molecule has 2 atom stereocenters. The number of hydrogen-bond donors (Lipinski definition) is 3. The summed E-state index contributed by atoms with van der Waals surface area (Å²) >= 11 is 0. The maximum Gasteiger partial charge on any atom is 0.246 e. The average Bonchev–Trinajstić information content (AvgIpc) is 2.75. The topological polar surface area (TPSA) is 87.3 Å². The molecule has 1 aliphatic heterocycles. The van der Waals surface area contributed by atoms with E-state index in [0.717, 1.165) is 23.8 Å². The van der Waals surface area contributed by atoms with Gasteiger partial charge in [-0.25, -0.2) is 8.78 Å². The molecule has 2 aromatic carbocycles. The second-order valence-corrected chi connectivity index (χ2v) is 8.43. The van der Waals surface area contributed by atoms with Crippen molar-refractivity contribution in [3.05, 3.63) is 65.2 Å². The van der Waals surface area contributed by atoms with Gasteiger partial charge in [0.15, 0.2) is 0 Å². The van der Waals surface area contributed by atoms with E-state index in [4.69, 9.17) is 0 Å². The lowest BCUT2D eigenvalue weighted by Crippen LogP contribution is -2.52. The molecule has 2 aromatic rings. The second-order valence-electron chi connectivity index (χ2n) is 8.43. The molecule has 0 bridgehead atoms. The smallest absolute Gasteiger partial charge is 0.246 e. The van der Waals surface area contributed by atoms with Crippen LogP contribution in [0, 0.1) is 11.6 Å². The third-order valence-corrected chi connectivity index (χ3v) is 5.32. The van der Waals surface area contributed by atoms with Crippen molar-refractivity contribution in [2.24, 2.45) is 0 Å². The van der Waals surface area contributed by atoms with Gasteiger partial charge in [-0.1, -0.05) is 32.0 Å². The van der Waals surface area contributed by atoms with Gasteiger partial charge in [-0.3, -0.25) is 14.4 Å². The number of carbonyl (C=O) groups is 3. The SMILES string of the molecule is C[C@H](NC(=O)Cc1cc(F)cc(F)c1)C(=O)NC1CC(C)(C)c2ccccc2NC1=O. The summed E-state index contributed by atoms with van der Waals surface area (Å²) < 4.78 is 26.6. The van der Waals surface area contributed by atoms with Crippen LogP contribution in [0.15, 0.2) is 42.5 Å². The van der Waals surface area contributed by atoms with Crippen LogP contribution < -0.4 is 16.0 Å². The van der Waals surface area contributed by atoms with E-state index in [0.29, 0.717) is 12.1 Å². The molecule has 0 saturated carbocycles. The predicted molar refractivity (Wildman–Crippen MR) is 112 cm³/mol. The van der Waals surface area contributed by atoms with Gasteiger partial charge >= 0.3 is 0 Å². The number of anilines is 1. The fourth-order valence-corrected chi connectivity index (χ4v) is 3.78. The minimum Gasteiger partial charge on any atom is -0.344 e. The van der Waals surface area contributed by atoms with Gasteiger partial charge < -0.3 is 16.0 Å². The summed E-state index contributed by atoms with van der Waals surface area (Å²) in [7, 11) is 0. The Labute approximate surface area is 179 Å². The third kappa shape index (κ3) is 5.45. The molecule has 6 nitrogen and oxygen atoms in total. The minimum absolute atomic E-state index is 0.158. The molecule has 0 radical (unpaired) electrons. The van der Waals surface area contributed by atoms with Crippen LogP contribution in [-0.4, -0.2) is 29.8 Å². The molecule has 0 aliphatic carbocycles. The van der Waals surface area contributed by atoms with Crippen molar-refractivity contribution in [1.82, 2.24) is 10.6 Å². The number of benzene rings is 2. The highest BCUT2D eigenvalue weighted by Gasteiger charge is 2.36. The van der Waals surface area contributed by atoms with Crippen LogP contribution in [0.25, 0.3) is 0 Å². The Kier molecular flexibility index (Phi) is 6.38. The van der Waals surface area contributed by atoms with Crippen molar-refractivity contribution in [2.45, 2.75) is 51.1 Å². The minimum atomic E-state index is -0.938. The summed E-state index contributed by atoms with van der Waals surface area (Å²) in [6, 6.07) is 8.60. The van der Waals surface area contributed by atoms with Crippen LogP contribution in [0.2, 0.25) is 0 Å². The Morgan fingerprint density at radius 3 is 2.48 bits per heavy atom. The van der Waals surface area contributed by atoms with Crippen LogP contribution in [0.5, 0.6) is 0 Å². The first kappa shape index (κ1) is 22.4. The first-order valence-electron chi connectivity index (χ1n) is 10.0. The van der Waals surface area contributed by atoms with E-state index in [-0.39, 0.29) is 23.3 Å². The molecule has 3 N–H and O–H groups in total. The van der Waals surface area contributed by atoms with Gasteiger partial charge in [0.25, 0.3) is 0 Å². The predicted octanol–water partition coefficient (Wildman–Crippen LogP) is 2.82. The zero-order chi connectivity index (χ0) is 22.8. The number of amides is 3. The molecule has 31 heavy (non-hydrogen) atoms. The molecule has 1 heterocycles. The Morgan fingerprint density at radius 2 is 1.81 bits per heavy atom. The van der Waals surface area contributed by atoms with Crippen molar-refractivity contribution >= 4 is 23.4 Å². The standard InChI is InChI=1S/C23H25F2N3O3/c1-13(26-20(29)10-14-8-15(24)11-16(25)9-14)21(30)28-19-12-23(2,3)17-6-4-5-7-18(17)27-22(19)31/h4-9,11,13,19H,10,12H2,1-3H3,(H,26,29)(H,27,31)(H,28,30)/t13-,19?/m0/s1. The van der Waals surface area contributed by atoms with Crippen LogP contribution in [-0.2, 0) is 26.2 Å². The van der Waals surface area contributed by atoms with Crippen molar-refractivity contribution in [3.8, 4) is 0 Å². The summed E-state index contributed by atoms with van der Waals surface area (Å²) in [5, 5.41) is 8.04. The number of carbonyl (C=O) groups excluding carboxylic acids is 3. The highest BCUT2D eigenvalue weighted by Crippen LogP contribution is 2.36. The lowest BCUT2D eigenvalue weighted by atomic mass is 9.79. The molecule has 3 rings (SSSR count). The van der Waals surface area contributed by atoms with Crippen LogP contribution in [0.4, 0.5) is 14.5 Å². The Hall–Kier alpha value is -3.29. The fourth-order valence-electron chi connectivity index (χ4n) is 3.78. The van der Waals surface area contributed by atoms with Crippen LogP contribution in [0.3, 0.4) is 0 Å². The van der Waals surface area contributed by atoms with E-state index < -0.39 is 35.5 Å². The maximum atomic E-state index is 13.3. The first-order valence-corrected chi connectivity index (χ1v) is 10.0. The molecule has 164 valence electrons. The number of nitrogens with one attached hydrogen (secondary N) is 3. The molecular formula is C23H25F2N3O3. The second kappa shape index (κ2) is 8.83. The highest BCUT2D eigenvalue weighted by molar-refractivity contribution is 5.99. The Bertz CT molecular complexity index is 1000. The maximum absolute atomic E-state index is 13.3. The Morgan fingerprint density at radius 1 is 1.16 bits per heavy atom.